The number of hydrogen-bond acceptors (Lipinski definition) is 3. The van der Waals surface area contributed by atoms with Crippen LogP contribution in [0.15, 0.2) is 18.2 Å². The van der Waals surface area contributed by atoms with Crippen molar-refractivity contribution in [2.45, 2.75) is 32.9 Å². The second-order valence-corrected chi connectivity index (χ2v) is 5.29. The number of rotatable bonds is 7. The van der Waals surface area contributed by atoms with E-state index < -0.39 is 0 Å². The van der Waals surface area contributed by atoms with Crippen LogP contribution in [0.25, 0.3) is 0 Å². The Morgan fingerprint density at radius 3 is 2.63 bits per heavy atom. The summed E-state index contributed by atoms with van der Waals surface area (Å²) in [6.07, 6.45) is 0.704. The molecule has 0 amide bonds. The molecule has 0 fully saturated rings. The molecule has 0 heterocycles. The highest BCUT2D eigenvalue weighted by molar-refractivity contribution is 7.80. The highest BCUT2D eigenvalue weighted by Gasteiger charge is 2.11. The normalized spacial score (nSPS) is 11.3. The molecule has 3 nitrogen and oxygen atoms in total. The van der Waals surface area contributed by atoms with Crippen molar-refractivity contribution in [3.63, 3.8) is 0 Å². The number of aliphatic hydroxyl groups is 1. The molecular weight excluding hydrogens is 263 g/mol. The van der Waals surface area contributed by atoms with Gasteiger partial charge in [0.25, 0.3) is 0 Å². The Labute approximate surface area is 119 Å². The van der Waals surface area contributed by atoms with Crippen molar-refractivity contribution in [1.29, 1.82) is 0 Å². The lowest BCUT2D eigenvalue weighted by atomic mass is 10.1. The molecule has 0 aliphatic heterocycles. The second kappa shape index (κ2) is 7.53. The van der Waals surface area contributed by atoms with Crippen molar-refractivity contribution in [2.24, 2.45) is 5.73 Å². The second-order valence-electron chi connectivity index (χ2n) is 4.85. The van der Waals surface area contributed by atoms with E-state index in [1.165, 1.54) is 12.1 Å². The van der Waals surface area contributed by atoms with Gasteiger partial charge in [0.05, 0.1) is 0 Å². The maximum absolute atomic E-state index is 13.5. The van der Waals surface area contributed by atoms with Crippen molar-refractivity contribution in [3.8, 4) is 0 Å². The van der Waals surface area contributed by atoms with E-state index in [-0.39, 0.29) is 17.4 Å². The molecule has 106 valence electrons. The first kappa shape index (κ1) is 16.0. The molecule has 1 rings (SSSR count). The number of hydrogen-bond donors (Lipinski definition) is 2. The summed E-state index contributed by atoms with van der Waals surface area (Å²) in [6.45, 7) is 5.69. The average Bonchev–Trinajstić information content (AvgIpc) is 2.33. The van der Waals surface area contributed by atoms with E-state index >= 15 is 0 Å². The Kier molecular flexibility index (Phi) is 6.34. The number of aliphatic hydroxyl groups excluding tert-OH is 1. The Bertz CT molecular complexity index is 437. The minimum Gasteiger partial charge on any atom is -0.396 e. The van der Waals surface area contributed by atoms with Gasteiger partial charge in [0.1, 0.15) is 10.8 Å². The fourth-order valence-electron chi connectivity index (χ4n) is 1.91. The zero-order chi connectivity index (χ0) is 14.4. The van der Waals surface area contributed by atoms with E-state index in [0.717, 1.165) is 12.1 Å². The van der Waals surface area contributed by atoms with Gasteiger partial charge in [-0.3, -0.25) is 4.90 Å². The van der Waals surface area contributed by atoms with Crippen LogP contribution in [-0.2, 0) is 6.54 Å². The van der Waals surface area contributed by atoms with Gasteiger partial charge in [-0.25, -0.2) is 4.39 Å². The predicted octanol–water partition coefficient (Wildman–Crippen LogP) is 2.05. The monoisotopic (exact) mass is 284 g/mol. The maximum atomic E-state index is 13.5. The topological polar surface area (TPSA) is 49.5 Å². The number of nitrogens with two attached hydrogens (primary N) is 1. The summed E-state index contributed by atoms with van der Waals surface area (Å²) in [6, 6.07) is 4.98. The summed E-state index contributed by atoms with van der Waals surface area (Å²) in [5.41, 5.74) is 6.93. The molecule has 0 saturated carbocycles. The Morgan fingerprint density at radius 1 is 1.42 bits per heavy atom. The van der Waals surface area contributed by atoms with E-state index in [0.29, 0.717) is 24.6 Å². The van der Waals surface area contributed by atoms with E-state index in [9.17, 15) is 4.39 Å². The average molecular weight is 284 g/mol. The molecular formula is C14H21FN2OS. The largest absolute Gasteiger partial charge is 0.396 e. The minimum atomic E-state index is -0.328. The van der Waals surface area contributed by atoms with Crippen molar-refractivity contribution in [1.82, 2.24) is 4.90 Å². The molecule has 0 unspecified atom stereocenters. The molecule has 0 saturated heterocycles. The highest BCUT2D eigenvalue weighted by atomic mass is 32.1. The first-order valence-electron chi connectivity index (χ1n) is 6.38. The van der Waals surface area contributed by atoms with Crippen LogP contribution in [0.5, 0.6) is 0 Å². The first-order chi connectivity index (χ1) is 8.93. The molecule has 0 spiro atoms. The lowest BCUT2D eigenvalue weighted by Gasteiger charge is -2.26. The van der Waals surface area contributed by atoms with Gasteiger partial charge in [0.15, 0.2) is 0 Å². The van der Waals surface area contributed by atoms with Crippen LogP contribution in [0, 0.1) is 5.82 Å². The maximum Gasteiger partial charge on any atom is 0.124 e. The van der Waals surface area contributed by atoms with Gasteiger partial charge in [-0.05, 0) is 44.0 Å². The van der Waals surface area contributed by atoms with Gasteiger partial charge >= 0.3 is 0 Å². The quantitative estimate of drug-likeness (QED) is 0.753. The van der Waals surface area contributed by atoms with Gasteiger partial charge in [-0.15, -0.1) is 0 Å². The molecule has 19 heavy (non-hydrogen) atoms. The van der Waals surface area contributed by atoms with Gasteiger partial charge in [-0.1, -0.05) is 12.2 Å². The van der Waals surface area contributed by atoms with Crippen molar-refractivity contribution in [2.75, 3.05) is 13.2 Å². The van der Waals surface area contributed by atoms with Gasteiger partial charge in [-0.2, -0.15) is 0 Å². The van der Waals surface area contributed by atoms with Crippen LogP contribution >= 0.6 is 12.2 Å². The van der Waals surface area contributed by atoms with E-state index in [2.05, 4.69) is 18.7 Å². The highest BCUT2D eigenvalue weighted by Crippen LogP contribution is 2.14. The third kappa shape index (κ3) is 5.22. The molecule has 0 radical (unpaired) electrons. The summed E-state index contributed by atoms with van der Waals surface area (Å²) in [5, 5.41) is 8.90. The molecule has 0 aliphatic carbocycles. The van der Waals surface area contributed by atoms with Crippen molar-refractivity contribution >= 4 is 17.2 Å². The summed E-state index contributed by atoms with van der Waals surface area (Å²) in [4.78, 5) is 2.38. The molecule has 3 N–H and O–H groups in total. The van der Waals surface area contributed by atoms with Crippen LogP contribution in [0.2, 0.25) is 0 Å². The number of benzene rings is 1. The van der Waals surface area contributed by atoms with Crippen LogP contribution < -0.4 is 5.73 Å². The zero-order valence-electron chi connectivity index (χ0n) is 11.4. The van der Waals surface area contributed by atoms with Gasteiger partial charge in [0, 0.05) is 31.3 Å². The minimum absolute atomic E-state index is 0.157. The van der Waals surface area contributed by atoms with Crippen molar-refractivity contribution < 1.29 is 9.50 Å². The van der Waals surface area contributed by atoms with Crippen molar-refractivity contribution in [3.05, 3.63) is 35.1 Å². The molecule has 1 aromatic rings. The fourth-order valence-corrected chi connectivity index (χ4v) is 2.03. The van der Waals surface area contributed by atoms with Crippen LogP contribution in [0.3, 0.4) is 0 Å². The molecule has 0 aliphatic rings. The lowest BCUT2D eigenvalue weighted by Crippen LogP contribution is -2.32. The number of halogens is 1. The Hall–Kier alpha value is -1.04. The fraction of sp³-hybridized carbons (Fsp3) is 0.500. The predicted molar refractivity (Wildman–Crippen MR) is 79.5 cm³/mol. The Morgan fingerprint density at radius 2 is 2.11 bits per heavy atom. The number of thiocarbonyl (C=S) groups is 1. The van der Waals surface area contributed by atoms with E-state index in [1.807, 2.05) is 6.07 Å². The van der Waals surface area contributed by atoms with Crippen LogP contribution in [0.4, 0.5) is 4.39 Å². The summed E-state index contributed by atoms with van der Waals surface area (Å²) in [5.74, 6) is -0.328. The third-order valence-corrected chi connectivity index (χ3v) is 3.20. The summed E-state index contributed by atoms with van der Waals surface area (Å²) < 4.78 is 13.5. The van der Waals surface area contributed by atoms with Gasteiger partial charge in [0.2, 0.25) is 0 Å². The summed E-state index contributed by atoms with van der Waals surface area (Å²) in [7, 11) is 0. The number of nitrogens with zero attached hydrogens (tertiary/aromatic N) is 1. The third-order valence-electron chi connectivity index (χ3n) is 2.96. The Balaban J connectivity index is 2.86. The van der Waals surface area contributed by atoms with Crippen LogP contribution in [0.1, 0.15) is 31.4 Å². The molecule has 1 aromatic carbocycles. The smallest absolute Gasteiger partial charge is 0.124 e. The zero-order valence-corrected chi connectivity index (χ0v) is 12.2. The molecule has 0 atom stereocenters. The molecule has 0 bridgehead atoms. The standard InChI is InChI=1S/C14H21FN2OS/c1-10(2)17(4-3-5-18)9-11-6-12(14(16)19)8-13(15)7-11/h6-8,10,18H,3-5,9H2,1-2H3,(H2,16,19). The molecule has 0 aromatic heterocycles. The van der Waals surface area contributed by atoms with E-state index in [1.54, 1.807) is 0 Å². The first-order valence-corrected chi connectivity index (χ1v) is 6.79. The summed E-state index contributed by atoms with van der Waals surface area (Å²) >= 11 is 4.88. The van der Waals surface area contributed by atoms with E-state index in [4.69, 9.17) is 23.1 Å². The van der Waals surface area contributed by atoms with Crippen LogP contribution in [-0.4, -0.2) is 34.2 Å². The lowest BCUT2D eigenvalue weighted by molar-refractivity contribution is 0.184. The molecule has 5 heteroatoms. The van der Waals surface area contributed by atoms with Gasteiger partial charge < -0.3 is 10.8 Å². The SMILES string of the molecule is CC(C)N(CCCO)Cc1cc(F)cc(C(N)=S)c1.